The van der Waals surface area contributed by atoms with Crippen LogP contribution in [0.1, 0.15) is 63.7 Å². The van der Waals surface area contributed by atoms with Crippen molar-refractivity contribution in [2.75, 3.05) is 5.32 Å². The first-order valence-corrected chi connectivity index (χ1v) is 7.81. The molecule has 1 aliphatic rings. The summed E-state index contributed by atoms with van der Waals surface area (Å²) in [4.78, 5) is 23.8. The molecule has 4 heteroatoms. The van der Waals surface area contributed by atoms with Gasteiger partial charge in [0.15, 0.2) is 0 Å². The lowest BCUT2D eigenvalue weighted by Gasteiger charge is -2.40. The minimum atomic E-state index is -0.421. The second-order valence-electron chi connectivity index (χ2n) is 7.23. The van der Waals surface area contributed by atoms with Crippen LogP contribution in [0.3, 0.4) is 0 Å². The first kappa shape index (κ1) is 16.5. The Morgan fingerprint density at radius 2 is 1.64 bits per heavy atom. The van der Waals surface area contributed by atoms with Gasteiger partial charge < -0.3 is 10.1 Å². The zero-order valence-corrected chi connectivity index (χ0v) is 13.9. The largest absolute Gasteiger partial charge is 0.456 e. The number of hydrogen-bond donors (Lipinski definition) is 1. The quantitative estimate of drug-likeness (QED) is 0.853. The van der Waals surface area contributed by atoms with Crippen LogP contribution in [0, 0.1) is 5.41 Å². The summed E-state index contributed by atoms with van der Waals surface area (Å²) >= 11 is 0. The predicted octanol–water partition coefficient (Wildman–Crippen LogP) is 4.16. The fourth-order valence-corrected chi connectivity index (χ4v) is 2.80. The minimum absolute atomic E-state index is 0.203. The van der Waals surface area contributed by atoms with Crippen LogP contribution in [0.15, 0.2) is 24.3 Å². The first-order valence-electron chi connectivity index (χ1n) is 7.81. The second-order valence-corrected chi connectivity index (χ2v) is 7.23. The number of rotatable bonds is 3. The topological polar surface area (TPSA) is 55.4 Å². The van der Waals surface area contributed by atoms with E-state index in [4.69, 9.17) is 4.74 Å². The molecule has 1 aliphatic carbocycles. The molecule has 0 radical (unpaired) electrons. The number of benzene rings is 1. The number of amides is 1. The lowest BCUT2D eigenvalue weighted by atomic mass is 9.71. The van der Waals surface area contributed by atoms with Crippen molar-refractivity contribution in [3.63, 3.8) is 0 Å². The van der Waals surface area contributed by atoms with Crippen molar-refractivity contribution in [3.8, 4) is 0 Å². The van der Waals surface area contributed by atoms with Crippen molar-refractivity contribution in [2.45, 2.75) is 59.0 Å². The third-order valence-corrected chi connectivity index (χ3v) is 4.46. The minimum Gasteiger partial charge on any atom is -0.456 e. The normalized spacial score (nSPS) is 19.3. The predicted molar refractivity (Wildman–Crippen MR) is 86.8 cm³/mol. The monoisotopic (exact) mass is 303 g/mol. The Balaban J connectivity index is 2.11. The molecule has 1 aromatic carbocycles. The van der Waals surface area contributed by atoms with E-state index in [2.05, 4.69) is 19.2 Å². The van der Waals surface area contributed by atoms with Crippen molar-refractivity contribution in [2.24, 2.45) is 5.41 Å². The Labute approximate surface area is 132 Å². The van der Waals surface area contributed by atoms with E-state index in [0.29, 0.717) is 16.7 Å². The van der Waals surface area contributed by atoms with Gasteiger partial charge in [0.05, 0.1) is 11.3 Å². The summed E-state index contributed by atoms with van der Waals surface area (Å²) in [6.07, 6.45) is 3.83. The molecule has 0 spiro atoms. The van der Waals surface area contributed by atoms with Gasteiger partial charge in [-0.25, -0.2) is 4.79 Å². The molecule has 2 rings (SSSR count). The van der Waals surface area contributed by atoms with Crippen LogP contribution in [0.25, 0.3) is 0 Å². The van der Waals surface area contributed by atoms with E-state index < -0.39 is 5.60 Å². The Morgan fingerprint density at radius 3 is 2.23 bits per heavy atom. The molecule has 1 fully saturated rings. The smallest absolute Gasteiger partial charge is 0.340 e. The van der Waals surface area contributed by atoms with Crippen LogP contribution in [0.2, 0.25) is 0 Å². The molecule has 0 atom stereocenters. The maximum absolute atomic E-state index is 12.5. The van der Waals surface area contributed by atoms with E-state index in [1.807, 2.05) is 6.92 Å². The van der Waals surface area contributed by atoms with E-state index in [1.165, 1.54) is 6.92 Å². The maximum atomic E-state index is 12.5. The molecule has 1 N–H and O–H groups in total. The van der Waals surface area contributed by atoms with Crippen molar-refractivity contribution in [3.05, 3.63) is 29.8 Å². The highest BCUT2D eigenvalue weighted by Crippen LogP contribution is 2.42. The standard InChI is InChI=1S/C18H25NO3/c1-13(20)19-15-8-6-5-7-14(15)16(21)22-18(4)11-9-17(2,3)10-12-18/h5-8H,9-12H2,1-4H3,(H,19,20). The van der Waals surface area contributed by atoms with Gasteiger partial charge >= 0.3 is 5.97 Å². The summed E-state index contributed by atoms with van der Waals surface area (Å²) in [5.41, 5.74) is 0.805. The van der Waals surface area contributed by atoms with Crippen LogP contribution < -0.4 is 5.32 Å². The van der Waals surface area contributed by atoms with Gasteiger partial charge in [0.25, 0.3) is 0 Å². The summed E-state index contributed by atoms with van der Waals surface area (Å²) in [5, 5.41) is 2.68. The number of esters is 1. The Bertz CT molecular complexity index is 567. The fourth-order valence-electron chi connectivity index (χ4n) is 2.80. The molecule has 120 valence electrons. The zero-order valence-electron chi connectivity index (χ0n) is 13.9. The molecule has 4 nitrogen and oxygen atoms in total. The molecule has 1 saturated carbocycles. The molecular weight excluding hydrogens is 278 g/mol. The van der Waals surface area contributed by atoms with Gasteiger partial charge in [-0.2, -0.15) is 0 Å². The summed E-state index contributed by atoms with van der Waals surface area (Å²) in [7, 11) is 0. The molecule has 1 amide bonds. The molecule has 0 heterocycles. The average molecular weight is 303 g/mol. The molecular formula is C18H25NO3. The average Bonchev–Trinajstić information content (AvgIpc) is 2.43. The lowest BCUT2D eigenvalue weighted by molar-refractivity contribution is -0.114. The second kappa shape index (κ2) is 6.11. The summed E-state index contributed by atoms with van der Waals surface area (Å²) in [6.45, 7) is 7.93. The van der Waals surface area contributed by atoms with E-state index >= 15 is 0 Å². The van der Waals surface area contributed by atoms with Gasteiger partial charge in [-0.1, -0.05) is 26.0 Å². The maximum Gasteiger partial charge on any atom is 0.340 e. The van der Waals surface area contributed by atoms with Crippen LogP contribution >= 0.6 is 0 Å². The SMILES string of the molecule is CC(=O)Nc1ccccc1C(=O)OC1(C)CCC(C)(C)CC1. The zero-order chi connectivity index (χ0) is 16.4. The first-order chi connectivity index (χ1) is 10.2. The van der Waals surface area contributed by atoms with Gasteiger partial charge in [0.1, 0.15) is 5.60 Å². The number of carbonyl (C=O) groups excluding carboxylic acids is 2. The lowest BCUT2D eigenvalue weighted by Crippen LogP contribution is -2.38. The third kappa shape index (κ3) is 4.09. The van der Waals surface area contributed by atoms with E-state index in [1.54, 1.807) is 24.3 Å². The van der Waals surface area contributed by atoms with Crippen LogP contribution in [0.5, 0.6) is 0 Å². The van der Waals surface area contributed by atoms with Crippen LogP contribution in [0.4, 0.5) is 5.69 Å². The Morgan fingerprint density at radius 1 is 1.05 bits per heavy atom. The third-order valence-electron chi connectivity index (χ3n) is 4.46. The van der Waals surface area contributed by atoms with Crippen molar-refractivity contribution < 1.29 is 14.3 Å². The number of hydrogen-bond acceptors (Lipinski definition) is 3. The summed E-state index contributed by atoms with van der Waals surface area (Å²) < 4.78 is 5.79. The number of carbonyl (C=O) groups is 2. The van der Waals surface area contributed by atoms with Crippen molar-refractivity contribution in [1.82, 2.24) is 0 Å². The van der Waals surface area contributed by atoms with E-state index in [0.717, 1.165) is 25.7 Å². The molecule has 0 saturated heterocycles. The summed E-state index contributed by atoms with van der Waals surface area (Å²) in [6, 6.07) is 6.95. The molecule has 1 aromatic rings. The molecule has 0 aliphatic heterocycles. The van der Waals surface area contributed by atoms with Gasteiger partial charge in [-0.3, -0.25) is 4.79 Å². The number of anilines is 1. The highest BCUT2D eigenvalue weighted by atomic mass is 16.6. The highest BCUT2D eigenvalue weighted by Gasteiger charge is 2.38. The van der Waals surface area contributed by atoms with Gasteiger partial charge in [-0.15, -0.1) is 0 Å². The number of para-hydroxylation sites is 1. The Kier molecular flexibility index (Phi) is 4.59. The molecule has 22 heavy (non-hydrogen) atoms. The van der Waals surface area contributed by atoms with Crippen molar-refractivity contribution in [1.29, 1.82) is 0 Å². The molecule has 0 unspecified atom stereocenters. The van der Waals surface area contributed by atoms with E-state index in [-0.39, 0.29) is 11.9 Å². The highest BCUT2D eigenvalue weighted by molar-refractivity contribution is 6.00. The van der Waals surface area contributed by atoms with Gasteiger partial charge in [-0.05, 0) is 50.2 Å². The van der Waals surface area contributed by atoms with Gasteiger partial charge in [0.2, 0.25) is 5.91 Å². The van der Waals surface area contributed by atoms with Crippen LogP contribution in [-0.4, -0.2) is 17.5 Å². The van der Waals surface area contributed by atoms with Gasteiger partial charge in [0, 0.05) is 6.92 Å². The molecule has 0 aromatic heterocycles. The number of nitrogens with one attached hydrogen (secondary N) is 1. The fraction of sp³-hybridized carbons (Fsp3) is 0.556. The van der Waals surface area contributed by atoms with Crippen LogP contribution in [-0.2, 0) is 9.53 Å². The summed E-state index contributed by atoms with van der Waals surface area (Å²) in [5.74, 6) is -0.572. The number of ether oxygens (including phenoxy) is 1. The Hall–Kier alpha value is -1.84. The molecule has 0 bridgehead atoms. The van der Waals surface area contributed by atoms with Crippen molar-refractivity contribution >= 4 is 17.6 Å². The van der Waals surface area contributed by atoms with E-state index in [9.17, 15) is 9.59 Å².